The second-order valence-corrected chi connectivity index (χ2v) is 7.87. The van der Waals surface area contributed by atoms with Gasteiger partial charge in [0.15, 0.2) is 0 Å². The minimum Gasteiger partial charge on any atom is -0.494 e. The van der Waals surface area contributed by atoms with Crippen LogP contribution in [-0.2, 0) is 14.3 Å². The summed E-state index contributed by atoms with van der Waals surface area (Å²) in [6, 6.07) is 3.85. The molecule has 7 nitrogen and oxygen atoms in total. The summed E-state index contributed by atoms with van der Waals surface area (Å²) in [5, 5.41) is 7.94. The second kappa shape index (κ2) is 9.80. The number of aromatic nitrogens is 2. The van der Waals surface area contributed by atoms with Gasteiger partial charge in [-0.25, -0.2) is 4.98 Å². The molecule has 2 aliphatic heterocycles. The predicted molar refractivity (Wildman–Crippen MR) is 110 cm³/mol. The Kier molecular flexibility index (Phi) is 7.40. The van der Waals surface area contributed by atoms with Crippen molar-refractivity contribution in [2.45, 2.75) is 37.3 Å². The van der Waals surface area contributed by atoms with E-state index in [4.69, 9.17) is 47.3 Å². The highest BCUT2D eigenvalue weighted by atomic mass is 35.5. The lowest BCUT2D eigenvalue weighted by Crippen LogP contribution is -2.44. The molecule has 1 spiro atoms. The van der Waals surface area contributed by atoms with Crippen LogP contribution < -0.4 is 4.74 Å². The molecule has 1 atom stereocenters. The summed E-state index contributed by atoms with van der Waals surface area (Å²) < 4.78 is 19.4. The molecular formula is C20H24Cl2N2O5. The number of imidazole rings is 1. The number of halogens is 2. The minimum absolute atomic E-state index is 0.0846. The van der Waals surface area contributed by atoms with Gasteiger partial charge in [-0.3, -0.25) is 4.79 Å². The number of hydrogen-bond donors (Lipinski definition) is 1. The van der Waals surface area contributed by atoms with E-state index in [9.17, 15) is 0 Å². The molecule has 158 valence electrons. The number of methoxy groups -OCH3 is 1. The molecule has 3 heterocycles. The molecule has 0 bridgehead atoms. The van der Waals surface area contributed by atoms with Crippen molar-refractivity contribution >= 4 is 29.7 Å². The zero-order chi connectivity index (χ0) is 20.9. The van der Waals surface area contributed by atoms with Crippen LogP contribution in [0.15, 0.2) is 24.5 Å². The highest BCUT2D eigenvalue weighted by molar-refractivity contribution is 6.36. The van der Waals surface area contributed by atoms with Gasteiger partial charge in [-0.15, -0.1) is 0 Å². The lowest BCUT2D eigenvalue weighted by molar-refractivity contribution is -0.144. The third-order valence-corrected chi connectivity index (χ3v) is 5.89. The number of benzene rings is 1. The standard InChI is InChI=1S/C19H22Cl2N2O3.CH2O2/c1-24-17-15(10-13(20)11-16(17)21)18-22-5-6-23(18)14-2-7-26-19(12-14)3-8-25-9-4-19;2-1-3/h5-6,10-11,14H,2-4,7-9,12H2,1H3;1H,(H,2,3). The normalized spacial score (nSPS) is 20.6. The van der Waals surface area contributed by atoms with Crippen molar-refractivity contribution in [1.29, 1.82) is 0 Å². The van der Waals surface area contributed by atoms with E-state index in [1.54, 1.807) is 13.2 Å². The minimum atomic E-state index is -0.250. The summed E-state index contributed by atoms with van der Waals surface area (Å²) in [6.45, 7) is 2.03. The van der Waals surface area contributed by atoms with Crippen molar-refractivity contribution in [3.8, 4) is 17.1 Å². The fraction of sp³-hybridized carbons (Fsp3) is 0.500. The molecule has 1 aromatic heterocycles. The van der Waals surface area contributed by atoms with Crippen molar-refractivity contribution in [3.05, 3.63) is 34.6 Å². The fourth-order valence-electron chi connectivity index (χ4n) is 4.08. The number of nitrogens with zero attached hydrogens (tertiary/aromatic N) is 2. The molecule has 2 saturated heterocycles. The van der Waals surface area contributed by atoms with Crippen LogP contribution in [0.1, 0.15) is 31.7 Å². The third kappa shape index (κ3) is 4.86. The van der Waals surface area contributed by atoms with Gasteiger partial charge in [-0.1, -0.05) is 23.2 Å². The first-order chi connectivity index (χ1) is 14.0. The maximum Gasteiger partial charge on any atom is 0.290 e. The Hall–Kier alpha value is -1.80. The topological polar surface area (TPSA) is 82.8 Å². The predicted octanol–water partition coefficient (Wildman–Crippen LogP) is 4.47. The molecular weight excluding hydrogens is 419 g/mol. The molecule has 1 N–H and O–H groups in total. The Balaban J connectivity index is 0.000000755. The Labute approximate surface area is 179 Å². The first kappa shape index (κ1) is 21.9. The molecule has 2 fully saturated rings. The average Bonchev–Trinajstić information content (AvgIpc) is 3.18. The van der Waals surface area contributed by atoms with Crippen LogP contribution >= 0.6 is 23.2 Å². The number of carbonyl (C=O) groups is 1. The van der Waals surface area contributed by atoms with Gasteiger partial charge in [-0.05, 0) is 37.8 Å². The van der Waals surface area contributed by atoms with Crippen LogP contribution in [0.25, 0.3) is 11.4 Å². The zero-order valence-electron chi connectivity index (χ0n) is 16.1. The second-order valence-electron chi connectivity index (χ2n) is 7.02. The summed E-state index contributed by atoms with van der Waals surface area (Å²) in [6.07, 6.45) is 7.63. The van der Waals surface area contributed by atoms with Crippen molar-refractivity contribution in [3.63, 3.8) is 0 Å². The van der Waals surface area contributed by atoms with Crippen molar-refractivity contribution in [2.24, 2.45) is 0 Å². The van der Waals surface area contributed by atoms with Crippen LogP contribution in [0, 0.1) is 0 Å². The van der Waals surface area contributed by atoms with Crippen LogP contribution in [0.2, 0.25) is 10.0 Å². The van der Waals surface area contributed by atoms with E-state index in [-0.39, 0.29) is 12.1 Å². The monoisotopic (exact) mass is 442 g/mol. The Bertz CT molecular complexity index is 831. The number of hydrogen-bond acceptors (Lipinski definition) is 5. The van der Waals surface area contributed by atoms with E-state index in [0.717, 1.165) is 56.9 Å². The zero-order valence-corrected chi connectivity index (χ0v) is 17.7. The van der Waals surface area contributed by atoms with Crippen LogP contribution in [0.3, 0.4) is 0 Å². The molecule has 2 aliphatic rings. The molecule has 2 aromatic rings. The van der Waals surface area contributed by atoms with E-state index >= 15 is 0 Å². The first-order valence-electron chi connectivity index (χ1n) is 9.39. The molecule has 0 radical (unpaired) electrons. The molecule has 1 unspecified atom stereocenters. The smallest absolute Gasteiger partial charge is 0.290 e. The molecule has 0 aliphatic carbocycles. The van der Waals surface area contributed by atoms with Crippen molar-refractivity contribution in [1.82, 2.24) is 9.55 Å². The average molecular weight is 443 g/mol. The van der Waals surface area contributed by atoms with Gasteiger partial charge in [0.25, 0.3) is 6.47 Å². The van der Waals surface area contributed by atoms with Crippen LogP contribution in [0.4, 0.5) is 0 Å². The van der Waals surface area contributed by atoms with E-state index in [1.807, 2.05) is 18.5 Å². The van der Waals surface area contributed by atoms with E-state index in [2.05, 4.69) is 9.55 Å². The summed E-state index contributed by atoms with van der Waals surface area (Å²) in [5.41, 5.74) is 0.723. The molecule has 0 saturated carbocycles. The fourth-order valence-corrected chi connectivity index (χ4v) is 4.65. The molecule has 29 heavy (non-hydrogen) atoms. The highest BCUT2D eigenvalue weighted by Gasteiger charge is 2.40. The lowest BCUT2D eigenvalue weighted by atomic mass is 9.84. The van der Waals surface area contributed by atoms with Gasteiger partial charge in [0.05, 0.1) is 23.3 Å². The van der Waals surface area contributed by atoms with Gasteiger partial charge in [0.1, 0.15) is 11.6 Å². The molecule has 9 heteroatoms. The molecule has 0 amide bonds. The quantitative estimate of drug-likeness (QED) is 0.705. The molecule has 4 rings (SSSR count). The van der Waals surface area contributed by atoms with Crippen LogP contribution in [0.5, 0.6) is 5.75 Å². The molecule has 1 aromatic carbocycles. The van der Waals surface area contributed by atoms with E-state index < -0.39 is 0 Å². The summed E-state index contributed by atoms with van der Waals surface area (Å²) >= 11 is 12.6. The van der Waals surface area contributed by atoms with Gasteiger partial charge in [0, 0.05) is 43.3 Å². The lowest BCUT2D eigenvalue weighted by Gasteiger charge is -2.43. The van der Waals surface area contributed by atoms with Crippen molar-refractivity contribution < 1.29 is 24.1 Å². The largest absolute Gasteiger partial charge is 0.494 e. The number of rotatable bonds is 3. The van der Waals surface area contributed by atoms with Gasteiger partial charge >= 0.3 is 0 Å². The highest BCUT2D eigenvalue weighted by Crippen LogP contribution is 2.43. The Morgan fingerprint density at radius 3 is 2.72 bits per heavy atom. The first-order valence-corrected chi connectivity index (χ1v) is 10.1. The van der Waals surface area contributed by atoms with E-state index in [0.29, 0.717) is 21.8 Å². The van der Waals surface area contributed by atoms with Crippen molar-refractivity contribution in [2.75, 3.05) is 26.9 Å². The van der Waals surface area contributed by atoms with Gasteiger partial charge in [0.2, 0.25) is 0 Å². The Morgan fingerprint density at radius 1 is 1.31 bits per heavy atom. The summed E-state index contributed by atoms with van der Waals surface area (Å²) in [4.78, 5) is 12.9. The Morgan fingerprint density at radius 2 is 2.03 bits per heavy atom. The maximum absolute atomic E-state index is 8.36. The summed E-state index contributed by atoms with van der Waals surface area (Å²) in [5.74, 6) is 1.41. The van der Waals surface area contributed by atoms with E-state index in [1.165, 1.54) is 0 Å². The van der Waals surface area contributed by atoms with Gasteiger partial charge in [-0.2, -0.15) is 0 Å². The SMILES string of the molecule is COc1c(Cl)cc(Cl)cc1-c1nccn1C1CCOC2(CCOCC2)C1.O=CO. The van der Waals surface area contributed by atoms with Gasteiger partial charge < -0.3 is 23.9 Å². The maximum atomic E-state index is 8.36. The number of carboxylic acid groups (broad SMARTS) is 1. The summed E-state index contributed by atoms with van der Waals surface area (Å²) in [7, 11) is 1.61. The third-order valence-electron chi connectivity index (χ3n) is 5.39. The number of ether oxygens (including phenoxy) is 3. The van der Waals surface area contributed by atoms with Crippen LogP contribution in [-0.4, -0.2) is 53.7 Å².